The fourth-order valence-electron chi connectivity index (χ4n) is 8.60. The molecule has 4 aromatic rings. The van der Waals surface area contributed by atoms with E-state index in [1.165, 1.54) is 25.0 Å². The standard InChI is InChI=1S/C18H20ClN3O4S.C16H18ClN3O3S.C4H8O.B.Li.H/c1-2-26-18(23)11-7-13-9-16-15(10-20-21-16)17(8-11)22(13)27(24,25)14-5-3-12(19)4-6-14;17-11-1-3-13(4-2-11)24(22,23)20-12-5-10(9-21)6-16(20)14-8-18-19-15(14)7-12;1-2-4-5-3-1;;;/h3-6,10-11,13,17H,2,7-9H2,1H3,(H,20,21);1-4,8,10,12,16,21H,5-7,9H2,(H,18,19);1-4H2;;;/q;;;;+1;-1. The number of ether oxygens (including phenoxy) is 2. The number of carbonyl (C=O) groups is 1. The summed E-state index contributed by atoms with van der Waals surface area (Å²) >= 11 is 11.8. The Morgan fingerprint density at radius 2 is 1.28 bits per heavy atom. The minimum atomic E-state index is -3.74. The molecular weight excluding hydrogens is 821 g/mol. The number of aromatic amines is 2. The molecule has 307 valence electrons. The zero-order chi connectivity index (χ0) is 39.6. The van der Waals surface area contributed by atoms with Crippen molar-refractivity contribution in [2.24, 2.45) is 11.8 Å². The van der Waals surface area contributed by atoms with Gasteiger partial charge >= 0.3 is 24.8 Å². The van der Waals surface area contributed by atoms with Gasteiger partial charge < -0.3 is 16.0 Å². The normalized spacial score (nSPS) is 24.9. The summed E-state index contributed by atoms with van der Waals surface area (Å²) in [5, 5.41) is 24.7. The van der Waals surface area contributed by atoms with Crippen LogP contribution in [0.1, 0.15) is 81.5 Å². The summed E-state index contributed by atoms with van der Waals surface area (Å²) in [5.41, 5.74) is 3.69. The van der Waals surface area contributed by atoms with Crippen LogP contribution in [0.4, 0.5) is 0 Å². The summed E-state index contributed by atoms with van der Waals surface area (Å²) in [5.74, 6) is -0.470. The van der Waals surface area contributed by atoms with E-state index in [1.807, 2.05) is 0 Å². The Hall–Kier alpha value is -2.69. The fraction of sp³-hybridized carbons (Fsp3) is 0.500. The Labute approximate surface area is 365 Å². The van der Waals surface area contributed by atoms with Gasteiger partial charge in [-0.3, -0.25) is 15.0 Å². The Bertz CT molecular complexity index is 2210. The van der Waals surface area contributed by atoms with Crippen molar-refractivity contribution in [1.29, 1.82) is 0 Å². The van der Waals surface area contributed by atoms with Gasteiger partial charge in [-0.15, -0.1) is 0 Å². The van der Waals surface area contributed by atoms with Gasteiger partial charge in [0.2, 0.25) is 20.0 Å². The number of aliphatic hydroxyl groups excluding tert-OH is 1. The molecule has 2 aromatic carbocycles. The minimum absolute atomic E-state index is 0. The van der Waals surface area contributed by atoms with Gasteiger partial charge in [-0.25, -0.2) is 16.8 Å². The zero-order valence-electron chi connectivity index (χ0n) is 33.5. The van der Waals surface area contributed by atoms with Gasteiger partial charge in [0.25, 0.3) is 0 Å². The molecule has 3 N–H and O–H groups in total. The first-order chi connectivity index (χ1) is 26.9. The number of nitrogens with zero attached hydrogens (tertiary/aromatic N) is 4. The second-order valence-electron chi connectivity index (χ2n) is 14.7. The molecule has 2 aromatic heterocycles. The van der Waals surface area contributed by atoms with E-state index in [-0.39, 0.29) is 81.0 Å². The Kier molecular flexibility index (Phi) is 15.8. The first-order valence-electron chi connectivity index (χ1n) is 18.9. The predicted octanol–water partition coefficient (Wildman–Crippen LogP) is 2.35. The largest absolute Gasteiger partial charge is 1.00 e. The van der Waals surface area contributed by atoms with E-state index in [0.717, 1.165) is 35.7 Å². The number of esters is 1. The third-order valence-corrected chi connectivity index (χ3v) is 15.6. The van der Waals surface area contributed by atoms with Crippen LogP contribution >= 0.6 is 23.2 Å². The molecule has 0 aliphatic carbocycles. The van der Waals surface area contributed by atoms with E-state index in [4.69, 9.17) is 32.7 Å². The maximum Gasteiger partial charge on any atom is 1.00 e. The molecule has 4 bridgehead atoms. The van der Waals surface area contributed by atoms with Crippen molar-refractivity contribution in [2.75, 3.05) is 26.4 Å². The second kappa shape index (κ2) is 19.8. The average Bonchev–Trinajstić information content (AvgIpc) is 4.00. The number of H-pyrrole nitrogens is 2. The van der Waals surface area contributed by atoms with Gasteiger partial charge in [0, 0.05) is 85.7 Å². The van der Waals surface area contributed by atoms with Crippen LogP contribution in [0.25, 0.3) is 0 Å². The molecule has 3 saturated heterocycles. The molecule has 6 atom stereocenters. The molecule has 0 spiro atoms. The molecule has 7 heterocycles. The maximum absolute atomic E-state index is 13.4. The number of aliphatic hydroxyl groups is 1. The van der Waals surface area contributed by atoms with E-state index in [0.29, 0.717) is 55.2 Å². The fourth-order valence-corrected chi connectivity index (χ4v) is 12.5. The van der Waals surface area contributed by atoms with Crippen molar-refractivity contribution in [3.8, 4) is 0 Å². The van der Waals surface area contributed by atoms with E-state index < -0.39 is 26.1 Å². The Morgan fingerprint density at radius 3 is 1.71 bits per heavy atom. The summed E-state index contributed by atoms with van der Waals surface area (Å²) in [6.45, 7) is 4.16. The minimum Gasteiger partial charge on any atom is -1.00 e. The number of hydrogen-bond acceptors (Lipinski definition) is 10. The number of carbonyl (C=O) groups excluding carboxylic acids is 1. The molecule has 14 nitrogen and oxygen atoms in total. The monoisotopic (exact) mass is 867 g/mol. The van der Waals surface area contributed by atoms with Crippen LogP contribution in [0.15, 0.2) is 70.7 Å². The van der Waals surface area contributed by atoms with Gasteiger partial charge in [-0.1, -0.05) is 23.2 Å². The third-order valence-electron chi connectivity index (χ3n) is 11.1. The molecule has 5 aliphatic heterocycles. The molecule has 3 radical (unpaired) electrons. The van der Waals surface area contributed by atoms with Crippen molar-refractivity contribution < 1.29 is 56.5 Å². The molecular formula is C38H47BCl2LiN6O8S2. The summed E-state index contributed by atoms with van der Waals surface area (Å²) in [4.78, 5) is 12.8. The van der Waals surface area contributed by atoms with Crippen LogP contribution in [-0.4, -0.2) is 104 Å². The first-order valence-corrected chi connectivity index (χ1v) is 22.5. The number of sulfonamides is 2. The number of rotatable bonds is 7. The Morgan fingerprint density at radius 1 is 0.810 bits per heavy atom. The quantitative estimate of drug-likeness (QED) is 0.184. The van der Waals surface area contributed by atoms with Crippen molar-refractivity contribution in [1.82, 2.24) is 29.0 Å². The molecule has 6 unspecified atom stereocenters. The van der Waals surface area contributed by atoms with Crippen LogP contribution in [0.3, 0.4) is 0 Å². The summed E-state index contributed by atoms with van der Waals surface area (Å²) < 4.78 is 66.5. The summed E-state index contributed by atoms with van der Waals surface area (Å²) in [7, 11) is -7.38. The summed E-state index contributed by atoms with van der Waals surface area (Å²) in [6.07, 6.45) is 9.08. The van der Waals surface area contributed by atoms with E-state index in [9.17, 15) is 26.7 Å². The number of nitrogens with one attached hydrogen (secondary N) is 2. The number of fused-ring (bicyclic) bond motifs is 8. The molecule has 9 rings (SSSR count). The number of halogens is 2. The average molecular weight is 869 g/mol. The number of benzene rings is 2. The predicted molar refractivity (Wildman–Crippen MR) is 215 cm³/mol. The van der Waals surface area contributed by atoms with E-state index in [1.54, 1.807) is 64.3 Å². The topological polar surface area (TPSA) is 188 Å². The molecule has 0 saturated carbocycles. The van der Waals surface area contributed by atoms with Crippen molar-refractivity contribution in [3.05, 3.63) is 93.5 Å². The molecule has 5 aliphatic rings. The smallest absolute Gasteiger partial charge is 1.00 e. The van der Waals surface area contributed by atoms with Crippen molar-refractivity contribution >= 4 is 57.6 Å². The van der Waals surface area contributed by atoms with Gasteiger partial charge in [-0.2, -0.15) is 18.8 Å². The van der Waals surface area contributed by atoms with Gasteiger partial charge in [0.15, 0.2) is 0 Å². The molecule has 3 fully saturated rings. The first kappa shape index (κ1) is 46.4. The van der Waals surface area contributed by atoms with Gasteiger partial charge in [0.1, 0.15) is 0 Å². The second-order valence-corrected chi connectivity index (χ2v) is 19.3. The van der Waals surface area contributed by atoms with Crippen molar-refractivity contribution in [2.45, 2.75) is 92.2 Å². The third kappa shape index (κ3) is 9.59. The van der Waals surface area contributed by atoms with Crippen LogP contribution in [0.2, 0.25) is 10.0 Å². The van der Waals surface area contributed by atoms with E-state index >= 15 is 0 Å². The number of aromatic nitrogens is 4. The Balaban J connectivity index is 0.000000223. The SMILES string of the molecule is C1CCOC1.CCOC(=O)C1CC2Cc3[nH]ncc3C(C1)N2S(=O)(=O)c1ccc(Cl)cc1.O=S(=O)(c1ccc(Cl)cc1)N1C2Cc3[nH]ncc3C1CC(CO)C2.[B].[H-].[Li+]. The summed E-state index contributed by atoms with van der Waals surface area (Å²) in [6, 6.07) is 11.2. The van der Waals surface area contributed by atoms with Gasteiger partial charge in [0.05, 0.1) is 46.8 Å². The van der Waals surface area contributed by atoms with Crippen LogP contribution in [-0.2, 0) is 47.2 Å². The van der Waals surface area contributed by atoms with Crippen LogP contribution in [0, 0.1) is 11.8 Å². The maximum atomic E-state index is 13.4. The van der Waals surface area contributed by atoms with Gasteiger partial charge in [-0.05, 0) is 99.9 Å². The number of hydrogen-bond donors (Lipinski definition) is 3. The zero-order valence-corrected chi connectivity index (χ0v) is 35.6. The molecule has 58 heavy (non-hydrogen) atoms. The van der Waals surface area contributed by atoms with E-state index in [2.05, 4.69) is 20.4 Å². The van der Waals surface area contributed by atoms with Crippen LogP contribution in [0.5, 0.6) is 0 Å². The van der Waals surface area contributed by atoms with Crippen LogP contribution < -0.4 is 18.9 Å². The molecule has 20 heteroatoms. The number of piperidine rings is 2. The van der Waals surface area contributed by atoms with Crippen molar-refractivity contribution in [3.63, 3.8) is 0 Å². The molecule has 0 amide bonds.